The molecule has 5 heteroatoms. The van der Waals surface area contributed by atoms with Crippen molar-refractivity contribution in [2.75, 3.05) is 11.9 Å². The van der Waals surface area contributed by atoms with Crippen molar-refractivity contribution in [2.24, 2.45) is 5.92 Å². The number of aromatic nitrogens is 2. The highest BCUT2D eigenvalue weighted by Crippen LogP contribution is 2.14. The Labute approximate surface area is 118 Å². The Morgan fingerprint density at radius 2 is 1.95 bits per heavy atom. The Hall–Kier alpha value is -2.43. The van der Waals surface area contributed by atoms with E-state index < -0.39 is 0 Å². The van der Waals surface area contributed by atoms with Crippen LogP contribution in [0.15, 0.2) is 42.7 Å². The van der Waals surface area contributed by atoms with Gasteiger partial charge in [0, 0.05) is 30.2 Å². The summed E-state index contributed by atoms with van der Waals surface area (Å²) in [6, 6.07) is 9.02. The molecule has 2 aromatic rings. The van der Waals surface area contributed by atoms with Crippen LogP contribution in [0.1, 0.15) is 24.2 Å². The highest BCUT2D eigenvalue weighted by atomic mass is 16.1. The Morgan fingerprint density at radius 3 is 2.65 bits per heavy atom. The highest BCUT2D eigenvalue weighted by molar-refractivity contribution is 5.95. The minimum atomic E-state index is -0.0728. The van der Waals surface area contributed by atoms with E-state index in [-0.39, 0.29) is 5.91 Å². The van der Waals surface area contributed by atoms with E-state index in [0.717, 1.165) is 5.69 Å². The maximum absolute atomic E-state index is 12.0. The molecule has 0 fully saturated rings. The lowest BCUT2D eigenvalue weighted by Gasteiger charge is -2.09. The van der Waals surface area contributed by atoms with Crippen molar-refractivity contribution in [1.82, 2.24) is 15.3 Å². The molecule has 0 saturated carbocycles. The van der Waals surface area contributed by atoms with E-state index in [2.05, 4.69) is 34.4 Å². The lowest BCUT2D eigenvalue weighted by molar-refractivity contribution is 0.0949. The number of hydrogen-bond donors (Lipinski definition) is 2. The van der Waals surface area contributed by atoms with Crippen LogP contribution in [0.3, 0.4) is 0 Å². The van der Waals surface area contributed by atoms with Gasteiger partial charge >= 0.3 is 0 Å². The quantitative estimate of drug-likeness (QED) is 0.876. The highest BCUT2D eigenvalue weighted by Gasteiger charge is 2.07. The fourth-order valence-corrected chi connectivity index (χ4v) is 1.63. The Morgan fingerprint density at radius 1 is 1.20 bits per heavy atom. The summed E-state index contributed by atoms with van der Waals surface area (Å²) < 4.78 is 0. The zero-order chi connectivity index (χ0) is 14.4. The first kappa shape index (κ1) is 14.0. The summed E-state index contributed by atoms with van der Waals surface area (Å²) in [6.07, 6.45) is 3.32. The lowest BCUT2D eigenvalue weighted by atomic mass is 10.1. The largest absolute Gasteiger partial charge is 0.352 e. The van der Waals surface area contributed by atoms with Gasteiger partial charge in [-0.2, -0.15) is 0 Å². The molecule has 0 aliphatic rings. The normalized spacial score (nSPS) is 10.3. The molecule has 20 heavy (non-hydrogen) atoms. The monoisotopic (exact) mass is 270 g/mol. The summed E-state index contributed by atoms with van der Waals surface area (Å²) in [4.78, 5) is 20.2. The fraction of sp³-hybridized carbons (Fsp3) is 0.267. The first-order valence-electron chi connectivity index (χ1n) is 6.57. The molecule has 0 unspecified atom stereocenters. The smallest absolute Gasteiger partial charge is 0.251 e. The number of nitrogens with one attached hydrogen (secondary N) is 2. The van der Waals surface area contributed by atoms with E-state index >= 15 is 0 Å². The van der Waals surface area contributed by atoms with Crippen LogP contribution in [0.25, 0.3) is 0 Å². The first-order valence-corrected chi connectivity index (χ1v) is 6.57. The third-order valence-corrected chi connectivity index (χ3v) is 2.62. The van der Waals surface area contributed by atoms with Gasteiger partial charge in [0.2, 0.25) is 5.95 Å². The maximum atomic E-state index is 12.0. The predicted molar refractivity (Wildman–Crippen MR) is 78.9 cm³/mol. The molecule has 0 aliphatic heterocycles. The SMILES string of the molecule is CC(C)CNC(=O)c1cccc(Nc2ncccn2)c1. The van der Waals surface area contributed by atoms with Crippen LogP contribution in [0.5, 0.6) is 0 Å². The molecule has 5 nitrogen and oxygen atoms in total. The average Bonchev–Trinajstić information content (AvgIpc) is 2.46. The van der Waals surface area contributed by atoms with Crippen LogP contribution in [0.2, 0.25) is 0 Å². The van der Waals surface area contributed by atoms with Crippen molar-refractivity contribution in [3.63, 3.8) is 0 Å². The lowest BCUT2D eigenvalue weighted by Crippen LogP contribution is -2.27. The molecule has 0 spiro atoms. The number of carbonyl (C=O) groups excluding carboxylic acids is 1. The van der Waals surface area contributed by atoms with Crippen LogP contribution < -0.4 is 10.6 Å². The predicted octanol–water partition coefficient (Wildman–Crippen LogP) is 2.61. The van der Waals surface area contributed by atoms with E-state index in [1.54, 1.807) is 30.6 Å². The second-order valence-electron chi connectivity index (χ2n) is 4.88. The van der Waals surface area contributed by atoms with Crippen molar-refractivity contribution in [3.05, 3.63) is 48.3 Å². The molecular formula is C15H18N4O. The second kappa shape index (κ2) is 6.65. The molecule has 0 aliphatic carbocycles. The van der Waals surface area contributed by atoms with Gasteiger partial charge < -0.3 is 10.6 Å². The zero-order valence-electron chi connectivity index (χ0n) is 11.6. The van der Waals surface area contributed by atoms with Gasteiger partial charge in [0.25, 0.3) is 5.91 Å². The fourth-order valence-electron chi connectivity index (χ4n) is 1.63. The van der Waals surface area contributed by atoms with Crippen molar-refractivity contribution in [1.29, 1.82) is 0 Å². The summed E-state index contributed by atoms with van der Waals surface area (Å²) in [6.45, 7) is 4.79. The number of nitrogens with zero attached hydrogens (tertiary/aromatic N) is 2. The van der Waals surface area contributed by atoms with Crippen molar-refractivity contribution >= 4 is 17.5 Å². The molecule has 0 atom stereocenters. The van der Waals surface area contributed by atoms with E-state index in [1.807, 2.05) is 12.1 Å². The molecular weight excluding hydrogens is 252 g/mol. The number of amides is 1. The van der Waals surface area contributed by atoms with Crippen molar-refractivity contribution in [2.45, 2.75) is 13.8 Å². The van der Waals surface area contributed by atoms with Crippen LogP contribution >= 0.6 is 0 Å². The molecule has 1 amide bonds. The molecule has 2 N–H and O–H groups in total. The number of hydrogen-bond acceptors (Lipinski definition) is 4. The summed E-state index contributed by atoms with van der Waals surface area (Å²) in [7, 11) is 0. The third-order valence-electron chi connectivity index (χ3n) is 2.62. The summed E-state index contributed by atoms with van der Waals surface area (Å²) in [5.74, 6) is 0.863. The second-order valence-corrected chi connectivity index (χ2v) is 4.88. The molecule has 1 aromatic carbocycles. The van der Waals surface area contributed by atoms with Crippen LogP contribution in [-0.2, 0) is 0 Å². The Balaban J connectivity index is 2.06. The zero-order valence-corrected chi connectivity index (χ0v) is 11.6. The number of anilines is 2. The number of carbonyl (C=O) groups is 1. The molecule has 104 valence electrons. The van der Waals surface area contributed by atoms with Crippen LogP contribution in [0.4, 0.5) is 11.6 Å². The topological polar surface area (TPSA) is 66.9 Å². The van der Waals surface area contributed by atoms with Crippen LogP contribution in [0, 0.1) is 5.92 Å². The minimum Gasteiger partial charge on any atom is -0.352 e. The molecule has 0 bridgehead atoms. The van der Waals surface area contributed by atoms with Crippen LogP contribution in [-0.4, -0.2) is 22.4 Å². The van der Waals surface area contributed by atoms with E-state index in [1.165, 1.54) is 0 Å². The molecule has 0 radical (unpaired) electrons. The Bertz CT molecular complexity index is 569. The van der Waals surface area contributed by atoms with Gasteiger partial charge in [0.05, 0.1) is 0 Å². The molecule has 1 heterocycles. The van der Waals surface area contributed by atoms with E-state index in [0.29, 0.717) is 24.0 Å². The van der Waals surface area contributed by atoms with Crippen molar-refractivity contribution < 1.29 is 4.79 Å². The molecule has 0 saturated heterocycles. The number of benzene rings is 1. The van der Waals surface area contributed by atoms with Crippen molar-refractivity contribution in [3.8, 4) is 0 Å². The summed E-state index contributed by atoms with van der Waals surface area (Å²) in [5.41, 5.74) is 1.40. The summed E-state index contributed by atoms with van der Waals surface area (Å²) >= 11 is 0. The summed E-state index contributed by atoms with van der Waals surface area (Å²) in [5, 5.41) is 5.95. The van der Waals surface area contributed by atoms with Gasteiger partial charge in [0.1, 0.15) is 0 Å². The van der Waals surface area contributed by atoms with Gasteiger partial charge in [-0.05, 0) is 30.2 Å². The third kappa shape index (κ3) is 4.05. The average molecular weight is 270 g/mol. The molecule has 2 rings (SSSR count). The minimum absolute atomic E-state index is 0.0728. The molecule has 1 aromatic heterocycles. The number of rotatable bonds is 5. The maximum Gasteiger partial charge on any atom is 0.251 e. The van der Waals surface area contributed by atoms with Gasteiger partial charge in [-0.3, -0.25) is 4.79 Å². The standard InChI is InChI=1S/C15H18N4O/c1-11(2)10-18-14(20)12-5-3-6-13(9-12)19-15-16-7-4-8-17-15/h3-9,11H,10H2,1-2H3,(H,18,20)(H,16,17,19). The Kier molecular flexibility index (Phi) is 4.65. The van der Waals surface area contributed by atoms with Gasteiger partial charge in [-0.25, -0.2) is 9.97 Å². The van der Waals surface area contributed by atoms with E-state index in [4.69, 9.17) is 0 Å². The van der Waals surface area contributed by atoms with E-state index in [9.17, 15) is 4.79 Å². The van der Waals surface area contributed by atoms with Gasteiger partial charge in [0.15, 0.2) is 0 Å². The van der Waals surface area contributed by atoms with Gasteiger partial charge in [-0.15, -0.1) is 0 Å². The van der Waals surface area contributed by atoms with Gasteiger partial charge in [-0.1, -0.05) is 19.9 Å². The first-order chi connectivity index (χ1) is 9.65.